The number of benzene rings is 2. The average molecular weight is 448 g/mol. The molecule has 1 saturated heterocycles. The fraction of sp³-hybridized carbons (Fsp3) is 0.200. The average Bonchev–Trinajstić information content (AvgIpc) is 3.37. The Hall–Kier alpha value is -3.42. The van der Waals surface area contributed by atoms with Crippen LogP contribution in [0.3, 0.4) is 0 Å². The third kappa shape index (κ3) is 5.84. The first-order valence-electron chi connectivity index (χ1n) is 10.5. The van der Waals surface area contributed by atoms with Crippen LogP contribution < -0.4 is 15.5 Å². The molecule has 0 spiro atoms. The van der Waals surface area contributed by atoms with Crippen LogP contribution in [-0.4, -0.2) is 38.1 Å². The Kier molecular flexibility index (Phi) is 7.32. The largest absolute Gasteiger partial charge is 0.378 e. The molecule has 1 aromatic heterocycles. The lowest BCUT2D eigenvalue weighted by Gasteiger charge is -2.28. The molecule has 4 rings (SSSR count). The Balaban J connectivity index is 1.41. The highest BCUT2D eigenvalue weighted by atomic mass is 32.1. The number of ether oxygens (including phenoxy) is 1. The lowest BCUT2D eigenvalue weighted by Crippen LogP contribution is -2.36. The molecule has 0 radical (unpaired) electrons. The molecular weight excluding hydrogens is 422 g/mol. The summed E-state index contributed by atoms with van der Waals surface area (Å²) in [4.78, 5) is 28.7. The molecule has 0 unspecified atom stereocenters. The lowest BCUT2D eigenvalue weighted by atomic mass is 10.1. The van der Waals surface area contributed by atoms with Gasteiger partial charge in [-0.3, -0.25) is 9.59 Å². The monoisotopic (exact) mass is 447 g/mol. The molecule has 6 nitrogen and oxygen atoms in total. The zero-order valence-electron chi connectivity index (χ0n) is 17.6. The molecule has 0 aliphatic carbocycles. The quantitative estimate of drug-likeness (QED) is 0.542. The molecule has 7 heteroatoms. The number of morpholine rings is 1. The van der Waals surface area contributed by atoms with E-state index in [1.165, 1.54) is 11.3 Å². The second kappa shape index (κ2) is 10.7. The highest BCUT2D eigenvalue weighted by Crippen LogP contribution is 2.17. The Bertz CT molecular complexity index is 1060. The fourth-order valence-corrected chi connectivity index (χ4v) is 4.04. The van der Waals surface area contributed by atoms with E-state index in [9.17, 15) is 9.59 Å². The van der Waals surface area contributed by atoms with Crippen molar-refractivity contribution in [2.75, 3.05) is 31.2 Å². The molecule has 2 aromatic carbocycles. The normalized spacial score (nSPS) is 14.1. The third-order valence-electron chi connectivity index (χ3n) is 5.12. The van der Waals surface area contributed by atoms with Crippen LogP contribution >= 0.6 is 11.3 Å². The van der Waals surface area contributed by atoms with Gasteiger partial charge in [0.2, 0.25) is 0 Å². The van der Waals surface area contributed by atoms with Gasteiger partial charge in [-0.25, -0.2) is 0 Å². The molecule has 2 N–H and O–H groups in total. The van der Waals surface area contributed by atoms with Gasteiger partial charge in [-0.2, -0.15) is 0 Å². The summed E-state index contributed by atoms with van der Waals surface area (Å²) in [6.07, 6.45) is 1.70. The topological polar surface area (TPSA) is 70.7 Å². The molecule has 32 heavy (non-hydrogen) atoms. The van der Waals surface area contributed by atoms with Crippen molar-refractivity contribution >= 4 is 34.9 Å². The number of amides is 2. The minimum Gasteiger partial charge on any atom is -0.378 e. The first kappa shape index (κ1) is 21.8. The van der Waals surface area contributed by atoms with E-state index in [0.29, 0.717) is 12.1 Å². The summed E-state index contributed by atoms with van der Waals surface area (Å²) in [5.41, 5.74) is 2.85. The van der Waals surface area contributed by atoms with Crippen LogP contribution in [0.2, 0.25) is 0 Å². The Morgan fingerprint density at radius 3 is 2.41 bits per heavy atom. The van der Waals surface area contributed by atoms with E-state index >= 15 is 0 Å². The number of nitrogens with zero attached hydrogens (tertiary/aromatic N) is 1. The summed E-state index contributed by atoms with van der Waals surface area (Å²) in [5.74, 6) is -0.654. The number of thiophene rings is 1. The Morgan fingerprint density at radius 2 is 1.72 bits per heavy atom. The molecule has 0 bridgehead atoms. The summed E-state index contributed by atoms with van der Waals surface area (Å²) in [6.45, 7) is 3.62. The summed E-state index contributed by atoms with van der Waals surface area (Å²) in [6, 6.07) is 20.8. The second-order valence-corrected chi connectivity index (χ2v) is 8.32. The fourth-order valence-electron chi connectivity index (χ4n) is 3.38. The van der Waals surface area contributed by atoms with E-state index in [1.807, 2.05) is 35.7 Å². The van der Waals surface area contributed by atoms with Gasteiger partial charge in [0.15, 0.2) is 0 Å². The molecule has 2 amide bonds. The van der Waals surface area contributed by atoms with Crippen molar-refractivity contribution in [3.05, 3.63) is 93.8 Å². The van der Waals surface area contributed by atoms with Crippen molar-refractivity contribution in [3.63, 3.8) is 0 Å². The molecule has 3 aromatic rings. The van der Waals surface area contributed by atoms with Gasteiger partial charge >= 0.3 is 0 Å². The van der Waals surface area contributed by atoms with Crippen molar-refractivity contribution in [1.29, 1.82) is 0 Å². The van der Waals surface area contributed by atoms with Gasteiger partial charge < -0.3 is 20.3 Å². The van der Waals surface area contributed by atoms with Gasteiger partial charge in [-0.05, 0) is 47.4 Å². The zero-order chi connectivity index (χ0) is 22.2. The van der Waals surface area contributed by atoms with Gasteiger partial charge in [0, 0.05) is 35.8 Å². The predicted molar refractivity (Wildman–Crippen MR) is 128 cm³/mol. The van der Waals surface area contributed by atoms with Crippen LogP contribution in [0, 0.1) is 0 Å². The number of carbonyl (C=O) groups is 2. The van der Waals surface area contributed by atoms with E-state index < -0.39 is 0 Å². The second-order valence-electron chi connectivity index (χ2n) is 7.34. The Labute approximate surface area is 191 Å². The minimum absolute atomic E-state index is 0.214. The standard InChI is InChI=1S/C25H25N3O3S/c29-24(20-5-2-1-3-6-20)27-23(17-22-7-4-16-32-22)25(30)26-18-19-8-10-21(11-9-19)28-12-14-31-15-13-28/h1-11,16-17H,12-15,18H2,(H,26,30)(H,27,29)/b23-17-. The number of anilines is 1. The van der Waals surface area contributed by atoms with E-state index in [2.05, 4.69) is 27.7 Å². The van der Waals surface area contributed by atoms with Crippen LogP contribution in [0.25, 0.3) is 6.08 Å². The Morgan fingerprint density at radius 1 is 0.969 bits per heavy atom. The maximum absolute atomic E-state index is 12.9. The summed E-state index contributed by atoms with van der Waals surface area (Å²) in [5, 5.41) is 7.60. The van der Waals surface area contributed by atoms with E-state index in [0.717, 1.165) is 42.4 Å². The SMILES string of the molecule is O=C(NCc1ccc(N2CCOCC2)cc1)/C(=C/c1cccs1)NC(=O)c1ccccc1. The summed E-state index contributed by atoms with van der Waals surface area (Å²) >= 11 is 1.50. The number of nitrogens with one attached hydrogen (secondary N) is 2. The van der Waals surface area contributed by atoms with Crippen molar-refractivity contribution in [1.82, 2.24) is 10.6 Å². The first-order chi connectivity index (χ1) is 15.7. The molecule has 1 aliphatic rings. The predicted octanol–water partition coefficient (Wildman–Crippen LogP) is 3.67. The first-order valence-corrected chi connectivity index (χ1v) is 11.4. The van der Waals surface area contributed by atoms with Crippen molar-refractivity contribution < 1.29 is 14.3 Å². The third-order valence-corrected chi connectivity index (χ3v) is 5.94. The van der Waals surface area contributed by atoms with Crippen LogP contribution in [0.4, 0.5) is 5.69 Å². The molecule has 0 atom stereocenters. The van der Waals surface area contributed by atoms with Crippen LogP contribution in [-0.2, 0) is 16.1 Å². The number of rotatable bonds is 7. The lowest BCUT2D eigenvalue weighted by molar-refractivity contribution is -0.117. The van der Waals surface area contributed by atoms with Crippen molar-refractivity contribution in [2.24, 2.45) is 0 Å². The molecular formula is C25H25N3O3S. The van der Waals surface area contributed by atoms with Gasteiger partial charge in [-0.15, -0.1) is 11.3 Å². The van der Waals surface area contributed by atoms with E-state index in [4.69, 9.17) is 4.74 Å². The molecule has 2 heterocycles. The van der Waals surface area contributed by atoms with E-state index in [-0.39, 0.29) is 17.5 Å². The van der Waals surface area contributed by atoms with Gasteiger partial charge in [-0.1, -0.05) is 36.4 Å². The highest BCUT2D eigenvalue weighted by Gasteiger charge is 2.15. The number of hydrogen-bond donors (Lipinski definition) is 2. The van der Waals surface area contributed by atoms with E-state index in [1.54, 1.807) is 30.3 Å². The van der Waals surface area contributed by atoms with Crippen molar-refractivity contribution in [2.45, 2.75) is 6.54 Å². The van der Waals surface area contributed by atoms with Gasteiger partial charge in [0.25, 0.3) is 11.8 Å². The minimum atomic E-state index is -0.333. The van der Waals surface area contributed by atoms with Gasteiger partial charge in [0.05, 0.1) is 13.2 Å². The molecule has 164 valence electrons. The zero-order valence-corrected chi connectivity index (χ0v) is 18.4. The maximum atomic E-state index is 12.9. The molecule has 0 saturated carbocycles. The summed E-state index contributed by atoms with van der Waals surface area (Å²) < 4.78 is 5.40. The van der Waals surface area contributed by atoms with Crippen LogP contribution in [0.5, 0.6) is 0 Å². The smallest absolute Gasteiger partial charge is 0.268 e. The molecule has 1 aliphatic heterocycles. The number of hydrogen-bond acceptors (Lipinski definition) is 5. The van der Waals surface area contributed by atoms with Crippen LogP contribution in [0.15, 0.2) is 77.8 Å². The number of carbonyl (C=O) groups excluding carboxylic acids is 2. The highest BCUT2D eigenvalue weighted by molar-refractivity contribution is 7.10. The van der Waals surface area contributed by atoms with Crippen molar-refractivity contribution in [3.8, 4) is 0 Å². The summed E-state index contributed by atoms with van der Waals surface area (Å²) in [7, 11) is 0. The van der Waals surface area contributed by atoms with Crippen LogP contribution in [0.1, 0.15) is 20.8 Å². The maximum Gasteiger partial charge on any atom is 0.268 e. The molecule has 1 fully saturated rings. The van der Waals surface area contributed by atoms with Gasteiger partial charge in [0.1, 0.15) is 5.70 Å².